The van der Waals surface area contributed by atoms with E-state index >= 15 is 0 Å². The Morgan fingerprint density at radius 1 is 1.00 bits per heavy atom. The van der Waals surface area contributed by atoms with Gasteiger partial charge in [0.15, 0.2) is 0 Å². The van der Waals surface area contributed by atoms with Crippen molar-refractivity contribution < 1.29 is 19.1 Å². The lowest BCUT2D eigenvalue weighted by atomic mass is 10.1. The van der Waals surface area contributed by atoms with Crippen molar-refractivity contribution >= 4 is 52.5 Å². The molecule has 150 valence electrons. The number of hydrogen-bond acceptors (Lipinski definition) is 5. The zero-order valence-electron chi connectivity index (χ0n) is 15.5. The summed E-state index contributed by atoms with van der Waals surface area (Å²) in [5, 5.41) is 4.65. The van der Waals surface area contributed by atoms with Gasteiger partial charge in [-0.05, 0) is 47.9 Å². The highest BCUT2D eigenvalue weighted by Gasteiger charge is 2.36. The Labute approximate surface area is 181 Å². The molecule has 2 aromatic carbocycles. The van der Waals surface area contributed by atoms with Gasteiger partial charge >= 0.3 is 6.03 Å². The summed E-state index contributed by atoms with van der Waals surface area (Å²) in [5.41, 5.74) is 1.07. The second-order valence-corrected chi connectivity index (χ2v) is 7.73. The maximum absolute atomic E-state index is 12.8. The fourth-order valence-corrected chi connectivity index (χ4v) is 3.72. The largest absolute Gasteiger partial charge is 0.489 e. The van der Waals surface area contributed by atoms with Gasteiger partial charge in [-0.3, -0.25) is 14.9 Å². The molecule has 0 atom stereocenters. The minimum Gasteiger partial charge on any atom is -0.489 e. The molecule has 1 saturated heterocycles. The molecule has 0 unspecified atom stereocenters. The number of carbonyl (C=O) groups is 3. The van der Waals surface area contributed by atoms with Crippen LogP contribution >= 0.6 is 22.9 Å². The molecule has 0 saturated carbocycles. The van der Waals surface area contributed by atoms with Crippen LogP contribution in [0, 0.1) is 0 Å². The van der Waals surface area contributed by atoms with E-state index in [2.05, 4.69) is 5.32 Å². The number of barbiturate groups is 1. The molecule has 1 aliphatic heterocycles. The predicted octanol–water partition coefficient (Wildman–Crippen LogP) is 4.65. The Balaban J connectivity index is 1.52. The van der Waals surface area contributed by atoms with Crippen LogP contribution in [0.1, 0.15) is 10.4 Å². The highest BCUT2D eigenvalue weighted by atomic mass is 35.5. The van der Waals surface area contributed by atoms with Crippen LogP contribution in [-0.4, -0.2) is 17.8 Å². The Hall–Kier alpha value is -3.42. The normalized spacial score (nSPS) is 15.4. The van der Waals surface area contributed by atoms with Gasteiger partial charge < -0.3 is 4.74 Å². The number of ether oxygens (including phenoxy) is 1. The van der Waals surface area contributed by atoms with Gasteiger partial charge in [0.1, 0.15) is 17.9 Å². The first-order chi connectivity index (χ1) is 14.5. The molecule has 1 N–H and O–H groups in total. The molecule has 6 nitrogen and oxygen atoms in total. The molecule has 4 amide bonds. The average molecular weight is 439 g/mol. The molecule has 1 aliphatic rings. The molecule has 1 aromatic heterocycles. The molecule has 30 heavy (non-hydrogen) atoms. The van der Waals surface area contributed by atoms with Crippen molar-refractivity contribution in [3.05, 3.63) is 87.1 Å². The Morgan fingerprint density at radius 3 is 2.47 bits per heavy atom. The van der Waals surface area contributed by atoms with E-state index in [1.54, 1.807) is 36.4 Å². The van der Waals surface area contributed by atoms with Crippen molar-refractivity contribution in [2.24, 2.45) is 0 Å². The van der Waals surface area contributed by atoms with Crippen molar-refractivity contribution in [1.82, 2.24) is 5.32 Å². The maximum Gasteiger partial charge on any atom is 0.335 e. The molecule has 8 heteroatoms. The van der Waals surface area contributed by atoms with Crippen LogP contribution in [0.2, 0.25) is 5.02 Å². The predicted molar refractivity (Wildman–Crippen MR) is 116 cm³/mol. The standard InChI is InChI=1S/C22H15ClN2O4S/c23-19-6-2-1-4-14(19)13-29-16-9-7-15(8-10-16)25-21(27)18(20(26)24-22(25)28)12-17-5-3-11-30-17/h1-12H,13H2,(H,24,26,28). The number of imide groups is 2. The summed E-state index contributed by atoms with van der Waals surface area (Å²) < 4.78 is 5.72. The Morgan fingerprint density at radius 2 is 1.77 bits per heavy atom. The van der Waals surface area contributed by atoms with E-state index in [9.17, 15) is 14.4 Å². The van der Waals surface area contributed by atoms with E-state index in [4.69, 9.17) is 16.3 Å². The molecular formula is C22H15ClN2O4S. The number of nitrogens with zero attached hydrogens (tertiary/aromatic N) is 1. The SMILES string of the molecule is O=C1NC(=O)N(c2ccc(OCc3ccccc3Cl)cc2)C(=O)C1=Cc1cccs1. The Bertz CT molecular complexity index is 1140. The molecule has 2 heterocycles. The summed E-state index contributed by atoms with van der Waals surface area (Å²) in [7, 11) is 0. The fraction of sp³-hybridized carbons (Fsp3) is 0.0455. The first-order valence-corrected chi connectivity index (χ1v) is 10.2. The molecular weight excluding hydrogens is 424 g/mol. The van der Waals surface area contributed by atoms with Crippen LogP contribution in [0.4, 0.5) is 10.5 Å². The third-order valence-electron chi connectivity index (χ3n) is 4.38. The maximum atomic E-state index is 12.8. The Kier molecular flexibility index (Phi) is 5.65. The van der Waals surface area contributed by atoms with E-state index in [1.807, 2.05) is 29.6 Å². The van der Waals surface area contributed by atoms with E-state index in [0.29, 0.717) is 16.5 Å². The molecule has 0 aliphatic carbocycles. The van der Waals surface area contributed by atoms with E-state index in [0.717, 1.165) is 15.3 Å². The highest BCUT2D eigenvalue weighted by Crippen LogP contribution is 2.26. The van der Waals surface area contributed by atoms with Crippen molar-refractivity contribution in [1.29, 1.82) is 0 Å². The van der Waals surface area contributed by atoms with Gasteiger partial charge in [-0.15, -0.1) is 11.3 Å². The molecule has 4 rings (SSSR count). The summed E-state index contributed by atoms with van der Waals surface area (Å²) in [6.45, 7) is 0.282. The number of thiophene rings is 1. The van der Waals surface area contributed by atoms with Crippen LogP contribution in [0.15, 0.2) is 71.6 Å². The quantitative estimate of drug-likeness (QED) is 0.465. The second kappa shape index (κ2) is 8.52. The smallest absolute Gasteiger partial charge is 0.335 e. The average Bonchev–Trinajstić information content (AvgIpc) is 3.25. The number of urea groups is 1. The van der Waals surface area contributed by atoms with Crippen molar-refractivity contribution in [2.75, 3.05) is 4.90 Å². The minimum atomic E-state index is -0.793. The number of benzene rings is 2. The van der Waals surface area contributed by atoms with Crippen molar-refractivity contribution in [2.45, 2.75) is 6.61 Å². The van der Waals surface area contributed by atoms with Gasteiger partial charge in [-0.2, -0.15) is 0 Å². The van der Waals surface area contributed by atoms with Gasteiger partial charge in [-0.25, -0.2) is 9.69 Å². The van der Waals surface area contributed by atoms with Gasteiger partial charge in [0.25, 0.3) is 11.8 Å². The summed E-state index contributed by atoms with van der Waals surface area (Å²) in [6, 6.07) is 16.6. The van der Waals surface area contributed by atoms with Crippen LogP contribution in [-0.2, 0) is 16.2 Å². The fourth-order valence-electron chi connectivity index (χ4n) is 2.88. The van der Waals surface area contributed by atoms with Gasteiger partial charge in [0.05, 0.1) is 5.69 Å². The van der Waals surface area contributed by atoms with E-state index < -0.39 is 17.8 Å². The van der Waals surface area contributed by atoms with Gasteiger partial charge in [0.2, 0.25) is 0 Å². The highest BCUT2D eigenvalue weighted by molar-refractivity contribution is 7.10. The topological polar surface area (TPSA) is 75.7 Å². The number of amides is 4. The van der Waals surface area contributed by atoms with Crippen LogP contribution in [0.3, 0.4) is 0 Å². The summed E-state index contributed by atoms with van der Waals surface area (Å²) in [6.07, 6.45) is 1.48. The zero-order valence-corrected chi connectivity index (χ0v) is 17.1. The van der Waals surface area contributed by atoms with Gasteiger partial charge in [0, 0.05) is 15.5 Å². The van der Waals surface area contributed by atoms with E-state index in [1.165, 1.54) is 17.4 Å². The first kappa shape index (κ1) is 19.9. The monoisotopic (exact) mass is 438 g/mol. The van der Waals surface area contributed by atoms with Gasteiger partial charge in [-0.1, -0.05) is 35.9 Å². The molecule has 0 spiro atoms. The third kappa shape index (κ3) is 4.12. The van der Waals surface area contributed by atoms with Crippen LogP contribution in [0.5, 0.6) is 5.75 Å². The number of carbonyl (C=O) groups excluding carboxylic acids is 3. The lowest BCUT2D eigenvalue weighted by molar-refractivity contribution is -0.122. The number of hydrogen-bond donors (Lipinski definition) is 1. The van der Waals surface area contributed by atoms with Crippen molar-refractivity contribution in [3.8, 4) is 5.75 Å². The summed E-state index contributed by atoms with van der Waals surface area (Å²) >= 11 is 7.51. The lowest BCUT2D eigenvalue weighted by Gasteiger charge is -2.26. The van der Waals surface area contributed by atoms with Crippen molar-refractivity contribution in [3.63, 3.8) is 0 Å². The third-order valence-corrected chi connectivity index (χ3v) is 5.57. The van der Waals surface area contributed by atoms with Crippen LogP contribution < -0.4 is 15.0 Å². The zero-order chi connectivity index (χ0) is 21.1. The number of nitrogens with one attached hydrogen (secondary N) is 1. The molecule has 0 bridgehead atoms. The number of anilines is 1. The molecule has 3 aromatic rings. The number of halogens is 1. The first-order valence-electron chi connectivity index (χ1n) is 8.94. The lowest BCUT2D eigenvalue weighted by Crippen LogP contribution is -2.54. The number of rotatable bonds is 5. The minimum absolute atomic E-state index is 0.101. The van der Waals surface area contributed by atoms with Crippen LogP contribution in [0.25, 0.3) is 6.08 Å². The second-order valence-electron chi connectivity index (χ2n) is 6.35. The summed E-state index contributed by atoms with van der Waals surface area (Å²) in [4.78, 5) is 39.0. The molecule has 1 fully saturated rings. The summed E-state index contributed by atoms with van der Waals surface area (Å²) in [5.74, 6) is -0.842. The molecule has 0 radical (unpaired) electrons. The van der Waals surface area contributed by atoms with E-state index in [-0.39, 0.29) is 12.2 Å².